The Balaban J connectivity index is 1.74. The van der Waals surface area contributed by atoms with Gasteiger partial charge < -0.3 is 4.90 Å². The Hall–Kier alpha value is -0.110. The maximum absolute atomic E-state index is 2.62. The molecular formula is C12H19NS. The molecule has 0 amide bonds. The Morgan fingerprint density at radius 3 is 2.64 bits per heavy atom. The predicted octanol–water partition coefficient (Wildman–Crippen LogP) is 3.58. The molecule has 0 bridgehead atoms. The molecule has 0 radical (unpaired) electrons. The van der Waals surface area contributed by atoms with Crippen molar-refractivity contribution in [3.8, 4) is 0 Å². The van der Waals surface area contributed by atoms with Gasteiger partial charge in [-0.1, -0.05) is 12.8 Å². The van der Waals surface area contributed by atoms with Gasteiger partial charge in [-0.25, -0.2) is 0 Å². The first-order chi connectivity index (χ1) is 6.80. The summed E-state index contributed by atoms with van der Waals surface area (Å²) in [4.78, 5) is 4.12. The Bertz CT molecular complexity index is 265. The van der Waals surface area contributed by atoms with Gasteiger partial charge in [-0.15, -0.1) is 11.8 Å². The fourth-order valence-electron chi connectivity index (χ4n) is 3.53. The number of nitrogens with zero attached hydrogens (tertiary/aromatic N) is 1. The Morgan fingerprint density at radius 1 is 1.36 bits per heavy atom. The summed E-state index contributed by atoms with van der Waals surface area (Å²) >= 11 is 2.01. The van der Waals surface area contributed by atoms with E-state index in [1.165, 1.54) is 49.3 Å². The van der Waals surface area contributed by atoms with E-state index in [9.17, 15) is 0 Å². The highest BCUT2D eigenvalue weighted by molar-refractivity contribution is 8.03. The molecule has 2 fully saturated rings. The van der Waals surface area contributed by atoms with Crippen molar-refractivity contribution >= 4 is 11.8 Å². The number of thioether (sulfide) groups is 1. The predicted molar refractivity (Wildman–Crippen MR) is 62.0 cm³/mol. The van der Waals surface area contributed by atoms with Crippen LogP contribution in [0.25, 0.3) is 0 Å². The minimum absolute atomic E-state index is 0.752. The highest BCUT2D eigenvalue weighted by atomic mass is 32.2. The summed E-state index contributed by atoms with van der Waals surface area (Å²) in [6.45, 7) is 2.24. The van der Waals surface area contributed by atoms with Gasteiger partial charge in [-0.3, -0.25) is 0 Å². The van der Waals surface area contributed by atoms with Crippen molar-refractivity contribution in [3.63, 3.8) is 0 Å². The van der Waals surface area contributed by atoms with E-state index < -0.39 is 0 Å². The molecule has 3 rings (SSSR count). The monoisotopic (exact) mass is 209 g/mol. The average molecular weight is 209 g/mol. The zero-order valence-corrected chi connectivity index (χ0v) is 9.78. The van der Waals surface area contributed by atoms with Crippen LogP contribution in [0.4, 0.5) is 0 Å². The van der Waals surface area contributed by atoms with Crippen molar-refractivity contribution in [2.24, 2.45) is 5.41 Å². The van der Waals surface area contributed by atoms with Crippen LogP contribution in [0.3, 0.4) is 0 Å². The third kappa shape index (κ3) is 1.23. The normalized spacial score (nSPS) is 34.8. The van der Waals surface area contributed by atoms with Gasteiger partial charge >= 0.3 is 0 Å². The summed E-state index contributed by atoms with van der Waals surface area (Å²) in [6, 6.07) is 0.898. The molecule has 1 spiro atoms. The van der Waals surface area contributed by atoms with E-state index in [-0.39, 0.29) is 0 Å². The molecule has 1 aliphatic heterocycles. The SMILES string of the molecule is CC1=CN([C@@H]2CCC23CCCC3)CS1. The molecule has 1 atom stereocenters. The largest absolute Gasteiger partial charge is 0.364 e. The fraction of sp³-hybridized carbons (Fsp3) is 0.833. The second-order valence-electron chi connectivity index (χ2n) is 5.15. The van der Waals surface area contributed by atoms with Crippen LogP contribution in [0.2, 0.25) is 0 Å². The molecule has 2 saturated carbocycles. The smallest absolute Gasteiger partial charge is 0.0681 e. The maximum Gasteiger partial charge on any atom is 0.0681 e. The minimum atomic E-state index is 0.752. The highest BCUT2D eigenvalue weighted by Crippen LogP contribution is 2.56. The molecule has 0 aromatic heterocycles. The van der Waals surface area contributed by atoms with Crippen molar-refractivity contribution < 1.29 is 0 Å². The number of allylic oxidation sites excluding steroid dienone is 1. The zero-order chi connectivity index (χ0) is 9.60. The van der Waals surface area contributed by atoms with Gasteiger partial charge in [-0.2, -0.15) is 0 Å². The summed E-state index contributed by atoms with van der Waals surface area (Å²) in [5.41, 5.74) is 0.752. The Morgan fingerprint density at radius 2 is 2.14 bits per heavy atom. The molecule has 0 unspecified atom stereocenters. The van der Waals surface area contributed by atoms with Gasteiger partial charge in [0.25, 0.3) is 0 Å². The molecule has 0 aromatic rings. The molecule has 3 aliphatic rings. The van der Waals surface area contributed by atoms with Crippen LogP contribution in [0.15, 0.2) is 11.1 Å². The van der Waals surface area contributed by atoms with Gasteiger partial charge in [0, 0.05) is 12.2 Å². The maximum atomic E-state index is 2.62. The number of hydrogen-bond donors (Lipinski definition) is 0. The summed E-state index contributed by atoms with van der Waals surface area (Å²) in [6.07, 6.45) is 11.3. The van der Waals surface area contributed by atoms with E-state index >= 15 is 0 Å². The van der Waals surface area contributed by atoms with Crippen LogP contribution in [0, 0.1) is 5.41 Å². The van der Waals surface area contributed by atoms with Crippen LogP contribution in [-0.4, -0.2) is 16.8 Å². The summed E-state index contributed by atoms with van der Waals surface area (Å²) in [5.74, 6) is 1.22. The lowest BCUT2D eigenvalue weighted by Gasteiger charge is -2.51. The van der Waals surface area contributed by atoms with Crippen LogP contribution < -0.4 is 0 Å². The van der Waals surface area contributed by atoms with Crippen LogP contribution in [0.5, 0.6) is 0 Å². The standard InChI is InChI=1S/C12H19NS/c1-10-8-13(9-14-10)11-4-7-12(11)5-2-3-6-12/h8,11H,2-7,9H2,1H3/t11-/m1/s1. The average Bonchev–Trinajstić information content (AvgIpc) is 2.73. The Labute approximate surface area is 90.9 Å². The molecule has 78 valence electrons. The van der Waals surface area contributed by atoms with E-state index in [1.54, 1.807) is 0 Å². The van der Waals surface area contributed by atoms with Crippen molar-refractivity contribution in [1.29, 1.82) is 0 Å². The van der Waals surface area contributed by atoms with Crippen LogP contribution in [0.1, 0.15) is 45.4 Å². The highest BCUT2D eigenvalue weighted by Gasteiger charge is 2.50. The molecular weight excluding hydrogens is 190 g/mol. The van der Waals surface area contributed by atoms with E-state index in [4.69, 9.17) is 0 Å². The molecule has 1 heterocycles. The second-order valence-corrected chi connectivity index (χ2v) is 6.34. The van der Waals surface area contributed by atoms with Gasteiger partial charge in [0.1, 0.15) is 0 Å². The van der Waals surface area contributed by atoms with Crippen molar-refractivity contribution in [2.45, 2.75) is 51.5 Å². The van der Waals surface area contributed by atoms with E-state index in [1.807, 2.05) is 11.8 Å². The topological polar surface area (TPSA) is 3.24 Å². The lowest BCUT2D eigenvalue weighted by molar-refractivity contribution is 0.0131. The van der Waals surface area contributed by atoms with Gasteiger partial charge in [-0.05, 0) is 42.9 Å². The number of rotatable bonds is 1. The van der Waals surface area contributed by atoms with Gasteiger partial charge in [0.05, 0.1) is 5.88 Å². The Kier molecular flexibility index (Phi) is 2.08. The molecule has 1 nitrogen and oxygen atoms in total. The zero-order valence-electron chi connectivity index (χ0n) is 8.96. The molecule has 14 heavy (non-hydrogen) atoms. The van der Waals surface area contributed by atoms with Crippen LogP contribution in [-0.2, 0) is 0 Å². The van der Waals surface area contributed by atoms with Gasteiger partial charge in [0.2, 0.25) is 0 Å². The van der Waals surface area contributed by atoms with Crippen molar-refractivity contribution in [1.82, 2.24) is 4.90 Å². The molecule has 2 aliphatic carbocycles. The molecule has 2 heteroatoms. The first kappa shape index (κ1) is 9.14. The lowest BCUT2D eigenvalue weighted by atomic mass is 9.63. The summed E-state index contributed by atoms with van der Waals surface area (Å²) in [5, 5.41) is 0. The van der Waals surface area contributed by atoms with Gasteiger partial charge in [0.15, 0.2) is 0 Å². The first-order valence-corrected chi connectivity index (χ1v) is 6.86. The van der Waals surface area contributed by atoms with E-state index in [0.29, 0.717) is 0 Å². The number of hydrogen-bond acceptors (Lipinski definition) is 2. The second kappa shape index (κ2) is 3.19. The van der Waals surface area contributed by atoms with E-state index in [0.717, 1.165) is 11.5 Å². The summed E-state index contributed by atoms with van der Waals surface area (Å²) in [7, 11) is 0. The third-order valence-corrected chi connectivity index (χ3v) is 5.40. The first-order valence-electron chi connectivity index (χ1n) is 5.87. The van der Waals surface area contributed by atoms with Crippen molar-refractivity contribution in [2.75, 3.05) is 5.88 Å². The molecule has 0 saturated heterocycles. The van der Waals surface area contributed by atoms with Crippen LogP contribution >= 0.6 is 11.8 Å². The molecule has 0 N–H and O–H groups in total. The fourth-order valence-corrected chi connectivity index (χ4v) is 4.34. The lowest BCUT2D eigenvalue weighted by Crippen LogP contribution is -2.51. The quantitative estimate of drug-likeness (QED) is 0.649. The minimum Gasteiger partial charge on any atom is -0.364 e. The third-order valence-electron chi connectivity index (χ3n) is 4.41. The van der Waals surface area contributed by atoms with Crippen molar-refractivity contribution in [3.05, 3.63) is 11.1 Å². The summed E-state index contributed by atoms with van der Waals surface area (Å²) < 4.78 is 0. The van der Waals surface area contributed by atoms with E-state index in [2.05, 4.69) is 18.0 Å². The molecule has 0 aromatic carbocycles.